The zero-order chi connectivity index (χ0) is 26.1. The fourth-order valence-corrected chi connectivity index (χ4v) is 3.65. The summed E-state index contributed by atoms with van der Waals surface area (Å²) in [4.78, 5) is 17.3. The first-order chi connectivity index (χ1) is 16.4. The maximum absolute atomic E-state index is 15.1. The van der Waals surface area contributed by atoms with Crippen molar-refractivity contribution in [2.75, 3.05) is 0 Å². The summed E-state index contributed by atoms with van der Waals surface area (Å²) in [6.07, 6.45) is -0.168. The largest absolute Gasteiger partial charge is 0.359 e. The van der Waals surface area contributed by atoms with Crippen LogP contribution in [0.1, 0.15) is 53.8 Å². The first-order valence-electron chi connectivity index (χ1n) is 10.7. The molecule has 184 valence electrons. The van der Waals surface area contributed by atoms with Gasteiger partial charge in [0.05, 0.1) is 24.5 Å². The molecular formula is C25H23F5N4O. The lowest BCUT2D eigenvalue weighted by Crippen LogP contribution is -2.34. The lowest BCUT2D eigenvalue weighted by Gasteiger charge is -2.24. The molecule has 35 heavy (non-hydrogen) atoms. The number of allylic oxidation sites excluding steroid dienone is 3. The molecule has 0 unspecified atom stereocenters. The van der Waals surface area contributed by atoms with E-state index < -0.39 is 52.9 Å². The zero-order valence-corrected chi connectivity index (χ0v) is 19.3. The van der Waals surface area contributed by atoms with Crippen LogP contribution in [0.25, 0.3) is 0 Å². The highest BCUT2D eigenvalue weighted by Gasteiger charge is 2.40. The van der Waals surface area contributed by atoms with E-state index in [1.54, 1.807) is 0 Å². The minimum Gasteiger partial charge on any atom is -0.359 e. The number of alkyl halides is 4. The second-order valence-corrected chi connectivity index (χ2v) is 8.55. The third-order valence-corrected chi connectivity index (χ3v) is 5.87. The van der Waals surface area contributed by atoms with E-state index in [0.29, 0.717) is 16.8 Å². The SMILES string of the molecule is C=C1NC=C(F)C=C1Cn1cnc(C(F)(F)C(C)C)c(Cc2cc(C(F)F)cc(C#N)c2C)c1=O. The van der Waals surface area contributed by atoms with E-state index in [9.17, 15) is 23.2 Å². The van der Waals surface area contributed by atoms with Crippen LogP contribution in [0.4, 0.5) is 22.0 Å². The monoisotopic (exact) mass is 490 g/mol. The summed E-state index contributed by atoms with van der Waals surface area (Å²) in [7, 11) is 0. The standard InChI is InChI=1S/C25H23F5N4O/c1-13(2)25(29,30)22-21(8-16-5-17(23(27)28)6-18(9-31)14(16)3)24(35)34(12-33-22)11-19-7-20(26)10-32-15(19)4/h5-7,10,12-13,23,32H,4,8,11H2,1-3H3. The van der Waals surface area contributed by atoms with Gasteiger partial charge in [-0.15, -0.1) is 0 Å². The van der Waals surface area contributed by atoms with E-state index in [1.807, 2.05) is 6.07 Å². The number of nitrogens with zero attached hydrogens (tertiary/aromatic N) is 3. The highest BCUT2D eigenvalue weighted by atomic mass is 19.3. The molecule has 0 aliphatic carbocycles. The molecule has 0 saturated heterocycles. The molecule has 1 N–H and O–H groups in total. The average Bonchev–Trinajstić information content (AvgIpc) is 2.79. The predicted octanol–water partition coefficient (Wildman–Crippen LogP) is 5.55. The summed E-state index contributed by atoms with van der Waals surface area (Å²) in [5, 5.41) is 12.0. The third kappa shape index (κ3) is 5.19. The van der Waals surface area contributed by atoms with Gasteiger partial charge in [0.25, 0.3) is 17.9 Å². The second kappa shape index (κ2) is 9.86. The van der Waals surface area contributed by atoms with Gasteiger partial charge in [-0.3, -0.25) is 9.36 Å². The Balaban J connectivity index is 2.20. The van der Waals surface area contributed by atoms with Crippen LogP contribution in [0.5, 0.6) is 0 Å². The van der Waals surface area contributed by atoms with Gasteiger partial charge in [-0.25, -0.2) is 18.2 Å². The molecule has 1 aromatic carbocycles. The number of benzene rings is 1. The van der Waals surface area contributed by atoms with E-state index in [4.69, 9.17) is 0 Å². The molecule has 0 radical (unpaired) electrons. The van der Waals surface area contributed by atoms with Gasteiger partial charge >= 0.3 is 0 Å². The van der Waals surface area contributed by atoms with Gasteiger partial charge in [0.15, 0.2) is 0 Å². The predicted molar refractivity (Wildman–Crippen MR) is 120 cm³/mol. The van der Waals surface area contributed by atoms with Crippen molar-refractivity contribution in [1.29, 1.82) is 5.26 Å². The van der Waals surface area contributed by atoms with Crippen LogP contribution in [0.3, 0.4) is 0 Å². The Kier molecular flexibility index (Phi) is 7.29. The van der Waals surface area contributed by atoms with Gasteiger partial charge in [-0.1, -0.05) is 20.4 Å². The molecule has 0 fully saturated rings. The van der Waals surface area contributed by atoms with Crippen LogP contribution in [0, 0.1) is 24.2 Å². The molecule has 1 aromatic heterocycles. The van der Waals surface area contributed by atoms with Crippen molar-refractivity contribution in [3.63, 3.8) is 0 Å². The van der Waals surface area contributed by atoms with Gasteiger partial charge in [0, 0.05) is 35.4 Å². The van der Waals surface area contributed by atoms with Crippen LogP contribution in [0.2, 0.25) is 0 Å². The van der Waals surface area contributed by atoms with Crippen LogP contribution in [-0.4, -0.2) is 9.55 Å². The summed E-state index contributed by atoms with van der Waals surface area (Å²) >= 11 is 0. The molecule has 1 aliphatic heterocycles. The highest BCUT2D eigenvalue weighted by Crippen LogP contribution is 2.36. The van der Waals surface area contributed by atoms with Crippen molar-refractivity contribution in [1.82, 2.24) is 14.9 Å². The molecule has 5 nitrogen and oxygen atoms in total. The minimum atomic E-state index is -3.50. The van der Waals surface area contributed by atoms with E-state index >= 15 is 8.78 Å². The van der Waals surface area contributed by atoms with Crippen LogP contribution in [0.15, 0.2) is 59.2 Å². The Hall–Kier alpha value is -3.74. The first kappa shape index (κ1) is 25.9. The van der Waals surface area contributed by atoms with Gasteiger partial charge in [0.1, 0.15) is 11.5 Å². The van der Waals surface area contributed by atoms with E-state index in [1.165, 1.54) is 20.8 Å². The van der Waals surface area contributed by atoms with Crippen molar-refractivity contribution >= 4 is 0 Å². The number of hydrogen-bond acceptors (Lipinski definition) is 4. The Morgan fingerprint density at radius 2 is 1.97 bits per heavy atom. The lowest BCUT2D eigenvalue weighted by atomic mass is 9.91. The topological polar surface area (TPSA) is 70.7 Å². The van der Waals surface area contributed by atoms with Gasteiger partial charge in [-0.05, 0) is 41.8 Å². The molecule has 1 aliphatic rings. The molecule has 0 spiro atoms. The minimum absolute atomic E-state index is 0.0452. The molecule has 0 amide bonds. The molecule has 0 bridgehead atoms. The third-order valence-electron chi connectivity index (χ3n) is 5.87. The molecule has 0 saturated carbocycles. The van der Waals surface area contributed by atoms with Crippen LogP contribution in [-0.2, 0) is 18.9 Å². The molecular weight excluding hydrogens is 467 g/mol. The summed E-state index contributed by atoms with van der Waals surface area (Å²) in [5.74, 6) is -5.32. The lowest BCUT2D eigenvalue weighted by molar-refractivity contribution is -0.0565. The fraction of sp³-hybridized carbons (Fsp3) is 0.320. The number of nitrogens with one attached hydrogen (secondary N) is 1. The Labute approximate surface area is 198 Å². The van der Waals surface area contributed by atoms with Crippen molar-refractivity contribution in [2.45, 2.75) is 46.1 Å². The van der Waals surface area contributed by atoms with Gasteiger partial charge in [0.2, 0.25) is 0 Å². The normalized spacial score (nSPS) is 14.0. The van der Waals surface area contributed by atoms with Crippen molar-refractivity contribution in [3.8, 4) is 6.07 Å². The number of aromatic nitrogens is 2. The zero-order valence-electron chi connectivity index (χ0n) is 19.3. The fourth-order valence-electron chi connectivity index (χ4n) is 3.65. The molecule has 0 atom stereocenters. The number of nitriles is 1. The van der Waals surface area contributed by atoms with E-state index in [2.05, 4.69) is 16.9 Å². The number of halogens is 5. The molecule has 2 aromatic rings. The van der Waals surface area contributed by atoms with Crippen molar-refractivity contribution in [3.05, 3.63) is 98.3 Å². The number of dihydropyridines is 1. The average molecular weight is 490 g/mol. The van der Waals surface area contributed by atoms with E-state index in [0.717, 1.165) is 35.3 Å². The van der Waals surface area contributed by atoms with Crippen molar-refractivity contribution in [2.24, 2.45) is 5.92 Å². The highest BCUT2D eigenvalue weighted by molar-refractivity contribution is 5.47. The summed E-state index contributed by atoms with van der Waals surface area (Å²) in [6, 6.07) is 3.96. The molecule has 10 heteroatoms. The van der Waals surface area contributed by atoms with Crippen molar-refractivity contribution < 1.29 is 22.0 Å². The maximum Gasteiger partial charge on any atom is 0.292 e. The maximum atomic E-state index is 15.1. The second-order valence-electron chi connectivity index (χ2n) is 8.55. The number of rotatable bonds is 7. The van der Waals surface area contributed by atoms with Gasteiger partial charge < -0.3 is 5.32 Å². The smallest absolute Gasteiger partial charge is 0.292 e. The van der Waals surface area contributed by atoms with E-state index in [-0.39, 0.29) is 17.7 Å². The summed E-state index contributed by atoms with van der Waals surface area (Å²) < 4.78 is 71.8. The molecule has 2 heterocycles. The Morgan fingerprint density at radius 1 is 1.29 bits per heavy atom. The Bertz CT molecular complexity index is 1330. The van der Waals surface area contributed by atoms with Crippen LogP contribution >= 0.6 is 0 Å². The number of hydrogen-bond donors (Lipinski definition) is 1. The quantitative estimate of drug-likeness (QED) is 0.517. The first-order valence-corrected chi connectivity index (χ1v) is 10.7. The Morgan fingerprint density at radius 3 is 2.57 bits per heavy atom. The van der Waals surface area contributed by atoms with Gasteiger partial charge in [-0.2, -0.15) is 14.0 Å². The summed E-state index contributed by atoms with van der Waals surface area (Å²) in [5.41, 5.74) is -1.46. The summed E-state index contributed by atoms with van der Waals surface area (Å²) in [6.45, 7) is 7.56. The molecule has 3 rings (SSSR count). The van der Waals surface area contributed by atoms with Crippen LogP contribution < -0.4 is 10.9 Å².